The predicted molar refractivity (Wildman–Crippen MR) is 126 cm³/mol. The Balaban J connectivity index is 1.30. The molecule has 5 rings (SSSR count). The summed E-state index contributed by atoms with van der Waals surface area (Å²) >= 11 is 2.80. The highest BCUT2D eigenvalue weighted by Crippen LogP contribution is 2.28. The van der Waals surface area contributed by atoms with Crippen LogP contribution in [0.25, 0.3) is 28.1 Å². The SMILES string of the molecule is CCc1ccc(-c2csc(NC(=O)C(C)Sc3n[nH]c4nc5ccccc5n34)n2)cc1. The number of aromatic amines is 1. The molecule has 0 saturated carbocycles. The second kappa shape index (κ2) is 8.16. The number of fused-ring (bicyclic) bond motifs is 3. The van der Waals surface area contributed by atoms with E-state index in [2.05, 4.69) is 56.7 Å². The van der Waals surface area contributed by atoms with Gasteiger partial charge in [-0.25, -0.2) is 15.1 Å². The normalized spacial score (nSPS) is 12.5. The number of amides is 1. The van der Waals surface area contributed by atoms with E-state index in [-0.39, 0.29) is 11.2 Å². The van der Waals surface area contributed by atoms with Crippen molar-refractivity contribution in [2.45, 2.75) is 30.7 Å². The zero-order valence-electron chi connectivity index (χ0n) is 17.0. The lowest BCUT2D eigenvalue weighted by molar-refractivity contribution is -0.115. The number of carbonyl (C=O) groups is 1. The van der Waals surface area contributed by atoms with Gasteiger partial charge in [0.1, 0.15) is 0 Å². The first kappa shape index (κ1) is 19.8. The van der Waals surface area contributed by atoms with Gasteiger partial charge in [0, 0.05) is 10.9 Å². The molecule has 9 heteroatoms. The van der Waals surface area contributed by atoms with Crippen LogP contribution in [0, 0.1) is 0 Å². The number of hydrogen-bond acceptors (Lipinski definition) is 6. The summed E-state index contributed by atoms with van der Waals surface area (Å²) in [7, 11) is 0. The van der Waals surface area contributed by atoms with Crippen LogP contribution in [-0.2, 0) is 11.2 Å². The van der Waals surface area contributed by atoms with Crippen molar-refractivity contribution in [2.75, 3.05) is 5.32 Å². The highest BCUT2D eigenvalue weighted by Gasteiger charge is 2.20. The number of anilines is 1. The minimum absolute atomic E-state index is 0.118. The summed E-state index contributed by atoms with van der Waals surface area (Å²) in [4.78, 5) is 21.9. The topological polar surface area (TPSA) is 88.0 Å². The molecule has 0 bridgehead atoms. The second-order valence-corrected chi connectivity index (χ2v) is 9.27. The summed E-state index contributed by atoms with van der Waals surface area (Å²) in [6.45, 7) is 3.99. The van der Waals surface area contributed by atoms with Crippen LogP contribution in [0.3, 0.4) is 0 Å². The summed E-state index contributed by atoms with van der Waals surface area (Å²) in [5.74, 6) is 0.544. The molecular formula is C22H20N6OS2. The molecule has 1 unspecified atom stereocenters. The number of thioether (sulfide) groups is 1. The molecule has 1 atom stereocenters. The zero-order chi connectivity index (χ0) is 21.4. The van der Waals surface area contributed by atoms with Crippen LogP contribution in [0.4, 0.5) is 5.13 Å². The van der Waals surface area contributed by atoms with Crippen molar-refractivity contribution < 1.29 is 4.79 Å². The van der Waals surface area contributed by atoms with Crippen LogP contribution < -0.4 is 5.32 Å². The maximum Gasteiger partial charge on any atom is 0.239 e. The Labute approximate surface area is 186 Å². The molecule has 7 nitrogen and oxygen atoms in total. The molecule has 0 aliphatic rings. The number of para-hydroxylation sites is 2. The van der Waals surface area contributed by atoms with Gasteiger partial charge >= 0.3 is 0 Å². The van der Waals surface area contributed by atoms with Crippen molar-refractivity contribution >= 4 is 50.9 Å². The number of imidazole rings is 1. The first-order chi connectivity index (χ1) is 15.1. The summed E-state index contributed by atoms with van der Waals surface area (Å²) in [6.07, 6.45) is 1.01. The Bertz CT molecular complexity index is 1370. The molecule has 3 aromatic heterocycles. The molecule has 2 aromatic carbocycles. The maximum atomic E-state index is 12.8. The molecule has 2 N–H and O–H groups in total. The smallest absolute Gasteiger partial charge is 0.239 e. The lowest BCUT2D eigenvalue weighted by Crippen LogP contribution is -2.22. The minimum atomic E-state index is -0.358. The molecular weight excluding hydrogens is 428 g/mol. The Morgan fingerprint density at radius 1 is 1.19 bits per heavy atom. The number of rotatable bonds is 6. The number of aromatic nitrogens is 5. The van der Waals surface area contributed by atoms with Gasteiger partial charge in [0.2, 0.25) is 11.7 Å². The fourth-order valence-corrected chi connectivity index (χ4v) is 4.91. The van der Waals surface area contributed by atoms with E-state index in [0.29, 0.717) is 16.1 Å². The Morgan fingerprint density at radius 3 is 2.81 bits per heavy atom. The minimum Gasteiger partial charge on any atom is -0.301 e. The summed E-state index contributed by atoms with van der Waals surface area (Å²) in [5.41, 5.74) is 5.04. The van der Waals surface area contributed by atoms with E-state index >= 15 is 0 Å². The van der Waals surface area contributed by atoms with E-state index in [9.17, 15) is 4.79 Å². The number of nitrogens with zero attached hydrogens (tertiary/aromatic N) is 4. The number of carbonyl (C=O) groups excluding carboxylic acids is 1. The predicted octanol–water partition coefficient (Wildman–Crippen LogP) is 5.02. The van der Waals surface area contributed by atoms with Crippen LogP contribution in [-0.4, -0.2) is 35.7 Å². The number of aryl methyl sites for hydroxylation is 1. The van der Waals surface area contributed by atoms with Gasteiger partial charge in [0.25, 0.3) is 0 Å². The Hall–Kier alpha value is -3.17. The number of nitrogens with one attached hydrogen (secondary N) is 2. The molecule has 5 aromatic rings. The summed E-state index contributed by atoms with van der Waals surface area (Å²) in [5, 5.41) is 13.1. The van der Waals surface area contributed by atoms with Crippen molar-refractivity contribution in [2.24, 2.45) is 0 Å². The lowest BCUT2D eigenvalue weighted by atomic mass is 10.1. The van der Waals surface area contributed by atoms with Crippen molar-refractivity contribution in [3.8, 4) is 11.3 Å². The molecule has 0 saturated heterocycles. The Morgan fingerprint density at radius 2 is 2.00 bits per heavy atom. The molecule has 0 aliphatic carbocycles. The fourth-order valence-electron chi connectivity index (χ4n) is 3.32. The van der Waals surface area contributed by atoms with Gasteiger partial charge in [-0.15, -0.1) is 16.4 Å². The average Bonchev–Trinajstić information content (AvgIpc) is 3.50. The second-order valence-electron chi connectivity index (χ2n) is 7.10. The van der Waals surface area contributed by atoms with Crippen molar-refractivity contribution in [3.63, 3.8) is 0 Å². The first-order valence-electron chi connectivity index (χ1n) is 9.96. The molecule has 156 valence electrons. The zero-order valence-corrected chi connectivity index (χ0v) is 18.6. The summed E-state index contributed by atoms with van der Waals surface area (Å²) in [6, 6.07) is 16.2. The number of hydrogen-bond donors (Lipinski definition) is 2. The molecule has 3 heterocycles. The summed E-state index contributed by atoms with van der Waals surface area (Å²) < 4.78 is 1.94. The van der Waals surface area contributed by atoms with Gasteiger partial charge < -0.3 is 5.32 Å². The van der Waals surface area contributed by atoms with Crippen molar-refractivity contribution in [1.29, 1.82) is 0 Å². The van der Waals surface area contributed by atoms with E-state index < -0.39 is 0 Å². The standard InChI is InChI=1S/C22H20N6OS2/c1-3-14-8-10-15(11-9-14)17-12-30-21(24-17)25-19(29)13(2)31-22-27-26-20-23-16-6-4-5-7-18(16)28(20)22/h4-13H,3H2,1-2H3,(H,23,26)(H,24,25,29). The van der Waals surface area contributed by atoms with Gasteiger partial charge in [-0.3, -0.25) is 9.20 Å². The number of thiazole rings is 1. The highest BCUT2D eigenvalue weighted by molar-refractivity contribution is 8.00. The third-order valence-electron chi connectivity index (χ3n) is 5.05. The molecule has 31 heavy (non-hydrogen) atoms. The van der Waals surface area contributed by atoms with E-state index in [0.717, 1.165) is 28.7 Å². The molecule has 0 spiro atoms. The number of benzene rings is 2. The third-order valence-corrected chi connectivity index (χ3v) is 6.86. The maximum absolute atomic E-state index is 12.8. The highest BCUT2D eigenvalue weighted by atomic mass is 32.2. The molecule has 0 aliphatic heterocycles. The van der Waals surface area contributed by atoms with Crippen LogP contribution in [0.15, 0.2) is 59.1 Å². The van der Waals surface area contributed by atoms with Gasteiger partial charge in [-0.05, 0) is 31.0 Å². The van der Waals surface area contributed by atoms with Gasteiger partial charge in [-0.2, -0.15) is 0 Å². The average molecular weight is 449 g/mol. The van der Waals surface area contributed by atoms with Crippen LogP contribution in [0.1, 0.15) is 19.4 Å². The molecule has 1 amide bonds. The quantitative estimate of drug-likeness (QED) is 0.356. The van der Waals surface area contributed by atoms with Gasteiger partial charge in [0.05, 0.1) is 22.0 Å². The fraction of sp³-hybridized carbons (Fsp3) is 0.182. The molecule has 0 fully saturated rings. The van der Waals surface area contributed by atoms with Crippen LogP contribution in [0.5, 0.6) is 0 Å². The van der Waals surface area contributed by atoms with E-state index in [1.807, 2.05) is 41.0 Å². The first-order valence-corrected chi connectivity index (χ1v) is 11.7. The lowest BCUT2D eigenvalue weighted by Gasteiger charge is -2.09. The van der Waals surface area contributed by atoms with Crippen LogP contribution in [0.2, 0.25) is 0 Å². The van der Waals surface area contributed by atoms with E-state index in [1.54, 1.807) is 0 Å². The van der Waals surface area contributed by atoms with Crippen molar-refractivity contribution in [3.05, 3.63) is 59.5 Å². The van der Waals surface area contributed by atoms with Gasteiger partial charge in [-0.1, -0.05) is 55.1 Å². The third kappa shape index (κ3) is 3.82. The van der Waals surface area contributed by atoms with E-state index in [4.69, 9.17) is 0 Å². The van der Waals surface area contributed by atoms with E-state index in [1.165, 1.54) is 28.7 Å². The van der Waals surface area contributed by atoms with Gasteiger partial charge in [0.15, 0.2) is 10.3 Å². The van der Waals surface area contributed by atoms with Crippen molar-refractivity contribution in [1.82, 2.24) is 24.6 Å². The largest absolute Gasteiger partial charge is 0.301 e. The monoisotopic (exact) mass is 448 g/mol. The Kier molecular flexibility index (Phi) is 5.21. The van der Waals surface area contributed by atoms with Crippen LogP contribution >= 0.6 is 23.1 Å². The molecule has 0 radical (unpaired) electrons. The number of H-pyrrole nitrogens is 1.